The van der Waals surface area contributed by atoms with Crippen LogP contribution >= 0.6 is 0 Å². The Labute approximate surface area is 125 Å². The highest BCUT2D eigenvalue weighted by Gasteiger charge is 2.21. The number of pyridine rings is 1. The van der Waals surface area contributed by atoms with Crippen molar-refractivity contribution in [1.29, 1.82) is 0 Å². The first kappa shape index (κ1) is 15.4. The van der Waals surface area contributed by atoms with Gasteiger partial charge in [-0.3, -0.25) is 4.98 Å². The summed E-state index contributed by atoms with van der Waals surface area (Å²) in [6.45, 7) is 6.67. The van der Waals surface area contributed by atoms with Gasteiger partial charge in [0.2, 0.25) is 0 Å². The van der Waals surface area contributed by atoms with Crippen LogP contribution in [0.4, 0.5) is 0 Å². The zero-order valence-corrected chi connectivity index (χ0v) is 12.8. The minimum absolute atomic E-state index is 0.355. The van der Waals surface area contributed by atoms with Crippen molar-refractivity contribution in [3.8, 4) is 17.1 Å². The van der Waals surface area contributed by atoms with Gasteiger partial charge in [0, 0.05) is 35.9 Å². The molecule has 2 N–H and O–H groups in total. The highest BCUT2D eigenvalue weighted by Crippen LogP contribution is 2.18. The third-order valence-corrected chi connectivity index (χ3v) is 3.05. The standard InChI is InChI=1S/C16H22N4O/c1-12(2)8-16(3,17)11-21-15-19-9-14(10-20-15)13-4-6-18-7-5-13/h4-7,9-10,12H,8,11,17H2,1-3H3. The second kappa shape index (κ2) is 6.63. The molecule has 0 aromatic carbocycles. The first-order valence-corrected chi connectivity index (χ1v) is 7.10. The molecule has 5 nitrogen and oxygen atoms in total. The van der Waals surface area contributed by atoms with Crippen LogP contribution in [0.15, 0.2) is 36.9 Å². The molecule has 0 saturated carbocycles. The fraction of sp³-hybridized carbons (Fsp3) is 0.438. The summed E-state index contributed by atoms with van der Waals surface area (Å²) in [6, 6.07) is 4.19. The lowest BCUT2D eigenvalue weighted by atomic mass is 9.93. The zero-order chi connectivity index (χ0) is 15.3. The molecule has 0 aliphatic rings. The molecule has 5 heteroatoms. The first-order valence-electron chi connectivity index (χ1n) is 7.10. The maximum Gasteiger partial charge on any atom is 0.316 e. The third-order valence-electron chi connectivity index (χ3n) is 3.05. The lowest BCUT2D eigenvalue weighted by Crippen LogP contribution is -2.43. The van der Waals surface area contributed by atoms with Gasteiger partial charge in [-0.15, -0.1) is 0 Å². The van der Waals surface area contributed by atoms with Gasteiger partial charge in [-0.2, -0.15) is 0 Å². The average Bonchev–Trinajstić information content (AvgIpc) is 2.45. The Morgan fingerprint density at radius 1 is 1.14 bits per heavy atom. The summed E-state index contributed by atoms with van der Waals surface area (Å²) in [5.74, 6) is 0.526. The normalized spacial score (nSPS) is 14.0. The highest BCUT2D eigenvalue weighted by molar-refractivity contribution is 5.60. The molecule has 2 rings (SSSR count). The fourth-order valence-corrected chi connectivity index (χ4v) is 2.31. The molecular weight excluding hydrogens is 264 g/mol. The van der Waals surface area contributed by atoms with Crippen molar-refractivity contribution in [3.05, 3.63) is 36.9 Å². The van der Waals surface area contributed by atoms with Crippen LogP contribution in [-0.4, -0.2) is 27.1 Å². The van der Waals surface area contributed by atoms with Crippen molar-refractivity contribution in [2.24, 2.45) is 11.7 Å². The van der Waals surface area contributed by atoms with E-state index in [0.717, 1.165) is 17.5 Å². The zero-order valence-electron chi connectivity index (χ0n) is 12.8. The molecule has 0 amide bonds. The van der Waals surface area contributed by atoms with Crippen LogP contribution in [0.1, 0.15) is 27.2 Å². The van der Waals surface area contributed by atoms with Crippen molar-refractivity contribution in [2.75, 3.05) is 6.61 Å². The van der Waals surface area contributed by atoms with Crippen molar-refractivity contribution in [3.63, 3.8) is 0 Å². The first-order chi connectivity index (χ1) is 9.96. The largest absolute Gasteiger partial charge is 0.462 e. The molecule has 0 saturated heterocycles. The maximum atomic E-state index is 6.20. The molecule has 0 aliphatic carbocycles. The quantitative estimate of drug-likeness (QED) is 0.883. The van der Waals surface area contributed by atoms with Crippen LogP contribution in [0, 0.1) is 5.92 Å². The van der Waals surface area contributed by atoms with Crippen molar-refractivity contribution in [2.45, 2.75) is 32.7 Å². The van der Waals surface area contributed by atoms with E-state index in [1.807, 2.05) is 19.1 Å². The van der Waals surface area contributed by atoms with E-state index < -0.39 is 0 Å². The van der Waals surface area contributed by atoms with Crippen LogP contribution in [-0.2, 0) is 0 Å². The summed E-state index contributed by atoms with van der Waals surface area (Å²) < 4.78 is 5.60. The summed E-state index contributed by atoms with van der Waals surface area (Å²) in [5, 5.41) is 0. The van der Waals surface area contributed by atoms with E-state index in [1.165, 1.54) is 0 Å². The van der Waals surface area contributed by atoms with Gasteiger partial charge in [0.15, 0.2) is 0 Å². The second-order valence-electron chi connectivity index (χ2n) is 6.03. The Hall–Kier alpha value is -2.01. The number of aromatic nitrogens is 3. The molecular formula is C16H22N4O. The van der Waals surface area contributed by atoms with Gasteiger partial charge < -0.3 is 10.5 Å². The third kappa shape index (κ3) is 4.79. The number of rotatable bonds is 6. The average molecular weight is 286 g/mol. The highest BCUT2D eigenvalue weighted by atomic mass is 16.5. The van der Waals surface area contributed by atoms with Gasteiger partial charge in [0.25, 0.3) is 0 Å². The lowest BCUT2D eigenvalue weighted by Gasteiger charge is -2.25. The number of ether oxygens (including phenoxy) is 1. The predicted molar refractivity (Wildman–Crippen MR) is 82.8 cm³/mol. The summed E-state index contributed by atoms with van der Waals surface area (Å²) in [4.78, 5) is 12.4. The minimum atomic E-state index is -0.374. The van der Waals surface area contributed by atoms with Crippen molar-refractivity contribution < 1.29 is 4.74 Å². The van der Waals surface area contributed by atoms with E-state index in [2.05, 4.69) is 28.8 Å². The Morgan fingerprint density at radius 3 is 2.33 bits per heavy atom. The van der Waals surface area contributed by atoms with E-state index in [4.69, 9.17) is 10.5 Å². The topological polar surface area (TPSA) is 73.9 Å². The number of hydrogen-bond acceptors (Lipinski definition) is 5. The van der Waals surface area contributed by atoms with E-state index in [9.17, 15) is 0 Å². The monoisotopic (exact) mass is 286 g/mol. The molecule has 0 aliphatic heterocycles. The second-order valence-corrected chi connectivity index (χ2v) is 6.03. The van der Waals surface area contributed by atoms with Crippen LogP contribution in [0.5, 0.6) is 6.01 Å². The summed E-state index contributed by atoms with van der Waals surface area (Å²) in [6.07, 6.45) is 7.86. The van der Waals surface area contributed by atoms with E-state index in [1.54, 1.807) is 24.8 Å². The lowest BCUT2D eigenvalue weighted by molar-refractivity contribution is 0.194. The molecule has 1 unspecified atom stereocenters. The van der Waals surface area contributed by atoms with Gasteiger partial charge in [0.1, 0.15) is 6.61 Å². The molecule has 0 radical (unpaired) electrons. The number of nitrogens with zero attached hydrogens (tertiary/aromatic N) is 3. The molecule has 0 bridgehead atoms. The van der Waals surface area contributed by atoms with Crippen LogP contribution < -0.4 is 10.5 Å². The molecule has 1 atom stereocenters. The Balaban J connectivity index is 1.97. The smallest absolute Gasteiger partial charge is 0.316 e. The molecule has 0 fully saturated rings. The van der Waals surface area contributed by atoms with Crippen molar-refractivity contribution in [1.82, 2.24) is 15.0 Å². The van der Waals surface area contributed by atoms with E-state index in [0.29, 0.717) is 18.5 Å². The molecule has 112 valence electrons. The predicted octanol–water partition coefficient (Wildman–Crippen LogP) is 2.68. The Kier molecular flexibility index (Phi) is 4.85. The number of nitrogens with two attached hydrogens (primary N) is 1. The fourth-order valence-electron chi connectivity index (χ4n) is 2.31. The van der Waals surface area contributed by atoms with Gasteiger partial charge in [-0.1, -0.05) is 13.8 Å². The minimum Gasteiger partial charge on any atom is -0.462 e. The van der Waals surface area contributed by atoms with Gasteiger partial charge in [0.05, 0.1) is 0 Å². The molecule has 2 heterocycles. The SMILES string of the molecule is CC(C)CC(C)(N)COc1ncc(-c2ccncc2)cn1. The number of hydrogen-bond donors (Lipinski definition) is 1. The Bertz CT molecular complexity index is 552. The molecule has 0 spiro atoms. The summed E-state index contributed by atoms with van der Waals surface area (Å²) in [7, 11) is 0. The van der Waals surface area contributed by atoms with E-state index in [-0.39, 0.29) is 5.54 Å². The van der Waals surface area contributed by atoms with Crippen LogP contribution in [0.2, 0.25) is 0 Å². The molecule has 2 aromatic rings. The molecule has 21 heavy (non-hydrogen) atoms. The van der Waals surface area contributed by atoms with Crippen LogP contribution in [0.25, 0.3) is 11.1 Å². The van der Waals surface area contributed by atoms with Gasteiger partial charge in [-0.05, 0) is 37.0 Å². The van der Waals surface area contributed by atoms with Gasteiger partial charge in [-0.25, -0.2) is 9.97 Å². The van der Waals surface area contributed by atoms with Crippen LogP contribution in [0.3, 0.4) is 0 Å². The van der Waals surface area contributed by atoms with Crippen molar-refractivity contribution >= 4 is 0 Å². The summed E-state index contributed by atoms with van der Waals surface area (Å²) >= 11 is 0. The van der Waals surface area contributed by atoms with Gasteiger partial charge >= 0.3 is 6.01 Å². The maximum absolute atomic E-state index is 6.20. The Morgan fingerprint density at radius 2 is 1.76 bits per heavy atom. The van der Waals surface area contributed by atoms with E-state index >= 15 is 0 Å². The molecule has 2 aromatic heterocycles. The summed E-state index contributed by atoms with van der Waals surface area (Å²) in [5.41, 5.74) is 7.79.